The number of benzene rings is 2. The second kappa shape index (κ2) is 5.29. The van der Waals surface area contributed by atoms with Crippen molar-refractivity contribution in [2.45, 2.75) is 20.1 Å². The fourth-order valence-corrected chi connectivity index (χ4v) is 2.49. The maximum absolute atomic E-state index is 9.94. The zero-order valence-electron chi connectivity index (χ0n) is 11.4. The Morgan fingerprint density at radius 3 is 2.60 bits per heavy atom. The van der Waals surface area contributed by atoms with Crippen molar-refractivity contribution in [2.75, 3.05) is 0 Å². The second-order valence-electron chi connectivity index (χ2n) is 4.69. The summed E-state index contributed by atoms with van der Waals surface area (Å²) in [5.74, 6) is 1.17. The van der Waals surface area contributed by atoms with E-state index in [1.54, 1.807) is 6.07 Å². The number of aromatic hydroxyl groups is 1. The van der Waals surface area contributed by atoms with E-state index < -0.39 is 0 Å². The molecule has 0 aliphatic heterocycles. The van der Waals surface area contributed by atoms with Crippen molar-refractivity contribution in [2.24, 2.45) is 0 Å². The lowest BCUT2D eigenvalue weighted by Gasteiger charge is -2.09. The fraction of sp³-hybridized carbons (Fsp3) is 0.176. The average molecular weight is 267 g/mol. The molecular formula is C17H17NO2. The minimum Gasteiger partial charge on any atom is -0.507 e. The third-order valence-corrected chi connectivity index (χ3v) is 3.45. The highest BCUT2D eigenvalue weighted by atomic mass is 16.5. The molecule has 3 heteroatoms. The Balaban J connectivity index is 1.93. The van der Waals surface area contributed by atoms with Crippen molar-refractivity contribution >= 4 is 10.9 Å². The molecule has 20 heavy (non-hydrogen) atoms. The van der Waals surface area contributed by atoms with E-state index in [9.17, 15) is 5.11 Å². The fourth-order valence-electron chi connectivity index (χ4n) is 2.49. The van der Waals surface area contributed by atoms with Gasteiger partial charge >= 0.3 is 0 Å². The van der Waals surface area contributed by atoms with Gasteiger partial charge in [0.25, 0.3) is 0 Å². The van der Waals surface area contributed by atoms with Crippen LogP contribution >= 0.6 is 0 Å². The summed E-state index contributed by atoms with van der Waals surface area (Å²) in [7, 11) is 0. The van der Waals surface area contributed by atoms with Crippen LogP contribution in [0.3, 0.4) is 0 Å². The van der Waals surface area contributed by atoms with E-state index in [0.29, 0.717) is 12.4 Å². The lowest BCUT2D eigenvalue weighted by molar-refractivity contribution is 0.296. The Labute approximate surface area is 118 Å². The number of fused-ring (bicyclic) bond motifs is 1. The first-order chi connectivity index (χ1) is 9.79. The molecule has 0 saturated carbocycles. The van der Waals surface area contributed by atoms with Gasteiger partial charge in [-0.3, -0.25) is 0 Å². The first kappa shape index (κ1) is 12.6. The summed E-state index contributed by atoms with van der Waals surface area (Å²) in [5.41, 5.74) is 2.10. The minimum atomic E-state index is 0.315. The normalized spacial score (nSPS) is 10.8. The van der Waals surface area contributed by atoms with Crippen molar-refractivity contribution in [3.63, 3.8) is 0 Å². The van der Waals surface area contributed by atoms with Gasteiger partial charge in [-0.2, -0.15) is 0 Å². The molecule has 0 bridgehead atoms. The maximum Gasteiger partial charge on any atom is 0.128 e. The molecule has 3 nitrogen and oxygen atoms in total. The van der Waals surface area contributed by atoms with Gasteiger partial charge in [-0.05, 0) is 37.3 Å². The molecule has 0 saturated heterocycles. The van der Waals surface area contributed by atoms with Gasteiger partial charge in [0.2, 0.25) is 0 Å². The minimum absolute atomic E-state index is 0.315. The molecule has 0 atom stereocenters. The second-order valence-corrected chi connectivity index (χ2v) is 4.69. The quantitative estimate of drug-likeness (QED) is 0.776. The van der Waals surface area contributed by atoms with E-state index in [0.717, 1.165) is 28.9 Å². The third-order valence-electron chi connectivity index (χ3n) is 3.45. The number of nitrogens with zero attached hydrogens (tertiary/aromatic N) is 1. The molecule has 0 fully saturated rings. The smallest absolute Gasteiger partial charge is 0.128 e. The molecule has 0 aliphatic rings. The van der Waals surface area contributed by atoms with Crippen molar-refractivity contribution in [1.82, 2.24) is 4.57 Å². The number of phenols is 1. The van der Waals surface area contributed by atoms with E-state index in [1.165, 1.54) is 0 Å². The van der Waals surface area contributed by atoms with Gasteiger partial charge in [-0.1, -0.05) is 24.3 Å². The van der Waals surface area contributed by atoms with Crippen LogP contribution in [0, 0.1) is 0 Å². The summed E-state index contributed by atoms with van der Waals surface area (Å²) in [4.78, 5) is 0. The van der Waals surface area contributed by atoms with Crippen molar-refractivity contribution in [1.29, 1.82) is 0 Å². The lowest BCUT2D eigenvalue weighted by atomic mass is 10.2. The number of para-hydroxylation sites is 1. The molecule has 0 amide bonds. The van der Waals surface area contributed by atoms with Crippen LogP contribution in [0.25, 0.3) is 10.9 Å². The Morgan fingerprint density at radius 1 is 1.05 bits per heavy atom. The number of hydrogen-bond acceptors (Lipinski definition) is 2. The van der Waals surface area contributed by atoms with E-state index in [4.69, 9.17) is 4.74 Å². The third kappa shape index (κ3) is 2.23. The highest BCUT2D eigenvalue weighted by Gasteiger charge is 2.10. The highest BCUT2D eigenvalue weighted by molar-refractivity contribution is 5.87. The number of rotatable bonds is 4. The molecule has 1 heterocycles. The van der Waals surface area contributed by atoms with Gasteiger partial charge in [0.1, 0.15) is 18.1 Å². The summed E-state index contributed by atoms with van der Waals surface area (Å²) in [6, 6.07) is 17.4. The largest absolute Gasteiger partial charge is 0.507 e. The van der Waals surface area contributed by atoms with Gasteiger partial charge < -0.3 is 14.4 Å². The Morgan fingerprint density at radius 2 is 1.85 bits per heavy atom. The molecule has 0 spiro atoms. The first-order valence-electron chi connectivity index (χ1n) is 6.77. The summed E-state index contributed by atoms with van der Waals surface area (Å²) in [5, 5.41) is 10.8. The summed E-state index contributed by atoms with van der Waals surface area (Å²) in [6.45, 7) is 3.43. The first-order valence-corrected chi connectivity index (χ1v) is 6.77. The zero-order chi connectivity index (χ0) is 13.9. The van der Waals surface area contributed by atoms with Crippen LogP contribution in [-0.2, 0) is 13.2 Å². The van der Waals surface area contributed by atoms with E-state index in [2.05, 4.69) is 11.5 Å². The summed E-state index contributed by atoms with van der Waals surface area (Å²) >= 11 is 0. The molecule has 0 aliphatic carbocycles. The Bertz CT molecular complexity index is 716. The predicted octanol–water partition coefficient (Wildman–Crippen LogP) is 3.95. The monoisotopic (exact) mass is 267 g/mol. The summed E-state index contributed by atoms with van der Waals surface area (Å²) < 4.78 is 7.97. The molecule has 3 rings (SSSR count). The van der Waals surface area contributed by atoms with Gasteiger partial charge in [0, 0.05) is 11.9 Å². The van der Waals surface area contributed by atoms with Crippen LogP contribution in [-0.4, -0.2) is 9.67 Å². The van der Waals surface area contributed by atoms with Crippen molar-refractivity contribution in [3.8, 4) is 11.5 Å². The SMILES string of the molecule is CCn1c(COc2ccccc2)cc2c(O)cccc21. The Hall–Kier alpha value is -2.42. The molecule has 1 aromatic heterocycles. The molecular weight excluding hydrogens is 250 g/mol. The Kier molecular flexibility index (Phi) is 3.33. The number of aromatic nitrogens is 1. The molecule has 2 aromatic carbocycles. The van der Waals surface area contributed by atoms with Crippen molar-refractivity contribution in [3.05, 3.63) is 60.3 Å². The molecule has 0 radical (unpaired) electrons. The average Bonchev–Trinajstić information content (AvgIpc) is 2.85. The number of ether oxygens (including phenoxy) is 1. The number of phenolic OH excluding ortho intramolecular Hbond substituents is 1. The lowest BCUT2D eigenvalue weighted by Crippen LogP contribution is -2.04. The van der Waals surface area contributed by atoms with E-state index >= 15 is 0 Å². The van der Waals surface area contributed by atoms with Gasteiger partial charge in [-0.15, -0.1) is 0 Å². The van der Waals surface area contributed by atoms with Crippen LogP contribution < -0.4 is 4.74 Å². The molecule has 102 valence electrons. The van der Waals surface area contributed by atoms with Gasteiger partial charge in [0.05, 0.1) is 11.2 Å². The zero-order valence-corrected chi connectivity index (χ0v) is 11.4. The van der Waals surface area contributed by atoms with Crippen LogP contribution in [0.4, 0.5) is 0 Å². The topological polar surface area (TPSA) is 34.4 Å². The van der Waals surface area contributed by atoms with Gasteiger partial charge in [0.15, 0.2) is 0 Å². The van der Waals surface area contributed by atoms with Crippen LogP contribution in [0.5, 0.6) is 11.5 Å². The summed E-state index contributed by atoms with van der Waals surface area (Å²) in [6.07, 6.45) is 0. The van der Waals surface area contributed by atoms with Crippen LogP contribution in [0.1, 0.15) is 12.6 Å². The maximum atomic E-state index is 9.94. The number of aryl methyl sites for hydroxylation is 1. The van der Waals surface area contributed by atoms with Gasteiger partial charge in [-0.25, -0.2) is 0 Å². The van der Waals surface area contributed by atoms with Crippen molar-refractivity contribution < 1.29 is 9.84 Å². The standard InChI is InChI=1S/C17H17NO2/c1-2-18-13(12-20-14-7-4-3-5-8-14)11-15-16(18)9-6-10-17(15)19/h3-11,19H,2,12H2,1H3. The molecule has 3 aromatic rings. The van der Waals surface area contributed by atoms with E-state index in [1.807, 2.05) is 48.5 Å². The van der Waals surface area contributed by atoms with Crippen LogP contribution in [0.15, 0.2) is 54.6 Å². The molecule has 0 unspecified atom stereocenters. The number of hydrogen-bond donors (Lipinski definition) is 1. The highest BCUT2D eigenvalue weighted by Crippen LogP contribution is 2.28. The van der Waals surface area contributed by atoms with E-state index in [-0.39, 0.29) is 0 Å². The molecule has 1 N–H and O–H groups in total. The predicted molar refractivity (Wildman–Crippen MR) is 80.1 cm³/mol. The van der Waals surface area contributed by atoms with Crippen LogP contribution in [0.2, 0.25) is 0 Å².